The van der Waals surface area contributed by atoms with Crippen molar-refractivity contribution >= 4 is 17.6 Å². The van der Waals surface area contributed by atoms with Crippen molar-refractivity contribution in [1.29, 1.82) is 0 Å². The number of nitrogens with one attached hydrogen (secondary N) is 2. The number of carbonyl (C=O) groups excluding carboxylic acids is 2. The minimum atomic E-state index is -4.47. The number of carbonyl (C=O) groups is 2. The number of ether oxygens (including phenoxy) is 1. The molecular formula is C23H25F3N4O4. The van der Waals surface area contributed by atoms with Gasteiger partial charge in [-0.25, -0.2) is 9.97 Å². The molecule has 0 saturated carbocycles. The van der Waals surface area contributed by atoms with Crippen LogP contribution in [0.4, 0.5) is 19.0 Å². The molecule has 0 spiro atoms. The number of amides is 2. The highest BCUT2D eigenvalue weighted by Crippen LogP contribution is 2.27. The highest BCUT2D eigenvalue weighted by atomic mass is 19.4. The normalized spacial score (nSPS) is 11.3. The Morgan fingerprint density at radius 3 is 2.44 bits per heavy atom. The highest BCUT2D eigenvalue weighted by Gasteiger charge is 2.29. The first-order chi connectivity index (χ1) is 15.9. The lowest BCUT2D eigenvalue weighted by Crippen LogP contribution is -2.37. The summed E-state index contributed by atoms with van der Waals surface area (Å²) in [6.07, 6.45) is -3.29. The standard InChI is InChI=1S/C23H25F3N4O4/c1-15-13-16(14-18(29-15)30-21(32)22(2,3)33)20(31)28-11-12-34-19-9-5-4-7-17(23(24,25)26)8-6-10-27-19/h4-10,13-14,33H,11-12H2,1-3H3,(H,28,31)(H,29,30,32). The predicted molar refractivity (Wildman–Crippen MR) is 119 cm³/mol. The fourth-order valence-electron chi connectivity index (χ4n) is 2.49. The van der Waals surface area contributed by atoms with Gasteiger partial charge < -0.3 is 20.5 Å². The van der Waals surface area contributed by atoms with Gasteiger partial charge in [-0.2, -0.15) is 13.2 Å². The van der Waals surface area contributed by atoms with Crippen molar-refractivity contribution in [3.05, 3.63) is 71.5 Å². The molecule has 0 aliphatic heterocycles. The minimum Gasteiger partial charge on any atom is -0.476 e. The summed E-state index contributed by atoms with van der Waals surface area (Å²) in [4.78, 5) is 32.5. The molecule has 0 aromatic carbocycles. The van der Waals surface area contributed by atoms with E-state index >= 15 is 0 Å². The summed E-state index contributed by atoms with van der Waals surface area (Å²) in [5, 5.41) is 14.9. The Bertz CT molecular complexity index is 1060. The molecule has 3 N–H and O–H groups in total. The lowest BCUT2D eigenvalue weighted by Gasteiger charge is -2.16. The second-order valence-corrected chi connectivity index (χ2v) is 7.65. The Balaban J connectivity index is 1.97. The first kappa shape index (κ1) is 26.5. The number of pyridine rings is 1. The van der Waals surface area contributed by atoms with Crippen molar-refractivity contribution in [2.24, 2.45) is 0 Å². The molecule has 2 heterocycles. The summed E-state index contributed by atoms with van der Waals surface area (Å²) in [7, 11) is 0. The summed E-state index contributed by atoms with van der Waals surface area (Å²) in [6, 6.07) is 9.86. The average molecular weight is 478 g/mol. The van der Waals surface area contributed by atoms with Gasteiger partial charge in [-0.3, -0.25) is 9.59 Å². The van der Waals surface area contributed by atoms with Gasteiger partial charge in [0, 0.05) is 23.5 Å². The second kappa shape index (κ2) is 11.4. The van der Waals surface area contributed by atoms with Crippen LogP contribution in [0.5, 0.6) is 5.88 Å². The Kier molecular flexibility index (Phi) is 8.90. The van der Waals surface area contributed by atoms with Gasteiger partial charge in [0.25, 0.3) is 11.8 Å². The van der Waals surface area contributed by atoms with E-state index in [0.29, 0.717) is 5.69 Å². The molecule has 0 radical (unpaired) electrons. The maximum atomic E-state index is 12.8. The van der Waals surface area contributed by atoms with Crippen molar-refractivity contribution in [2.45, 2.75) is 32.5 Å². The van der Waals surface area contributed by atoms with Crippen LogP contribution in [0.25, 0.3) is 0 Å². The highest BCUT2D eigenvalue weighted by molar-refractivity contribution is 5.98. The van der Waals surface area contributed by atoms with Crippen molar-refractivity contribution in [3.8, 4) is 5.88 Å². The molecule has 2 amide bonds. The molecule has 0 saturated heterocycles. The molecular weight excluding hydrogens is 453 g/mol. The SMILES string of the molecule is Cc1cc(C(=O)NCCOc2ccccc(C(F)(F)F)cccn2)cc(NC(=O)C(C)(C)O)n1. The van der Waals surface area contributed by atoms with Crippen LogP contribution in [-0.2, 0) is 11.0 Å². The van der Waals surface area contributed by atoms with E-state index in [9.17, 15) is 27.9 Å². The molecule has 182 valence electrons. The number of rotatable bonds is 7. The average Bonchev–Trinajstić information content (AvgIpc) is 2.73. The fourth-order valence-corrected chi connectivity index (χ4v) is 2.49. The smallest absolute Gasteiger partial charge is 0.416 e. The number of aryl methyl sites for hydroxylation is 1. The van der Waals surface area contributed by atoms with E-state index in [4.69, 9.17) is 4.74 Å². The molecule has 34 heavy (non-hydrogen) atoms. The van der Waals surface area contributed by atoms with Crippen LogP contribution in [0.15, 0.2) is 54.7 Å². The minimum absolute atomic E-state index is 0.0441. The zero-order valence-corrected chi connectivity index (χ0v) is 18.8. The molecule has 0 unspecified atom stereocenters. The lowest BCUT2D eigenvalue weighted by molar-refractivity contribution is -0.137. The van der Waals surface area contributed by atoms with Crippen molar-refractivity contribution in [2.75, 3.05) is 18.5 Å². The van der Waals surface area contributed by atoms with E-state index in [1.807, 2.05) is 0 Å². The second-order valence-electron chi connectivity index (χ2n) is 7.65. The molecule has 2 aromatic heterocycles. The number of halogens is 3. The maximum absolute atomic E-state index is 12.8. The van der Waals surface area contributed by atoms with E-state index in [1.54, 1.807) is 6.92 Å². The molecule has 0 aliphatic rings. The van der Waals surface area contributed by atoms with Gasteiger partial charge in [0.1, 0.15) is 18.0 Å². The first-order valence-electron chi connectivity index (χ1n) is 10.2. The van der Waals surface area contributed by atoms with E-state index in [0.717, 1.165) is 18.2 Å². The number of aliphatic hydroxyl groups is 1. The number of anilines is 1. The van der Waals surface area contributed by atoms with Crippen LogP contribution < -0.4 is 15.4 Å². The third-order valence-corrected chi connectivity index (χ3v) is 4.17. The molecule has 2 aromatic rings. The predicted octanol–water partition coefficient (Wildman–Crippen LogP) is 3.45. The van der Waals surface area contributed by atoms with E-state index in [2.05, 4.69) is 20.6 Å². The molecule has 0 fully saturated rings. The van der Waals surface area contributed by atoms with Gasteiger partial charge in [0.2, 0.25) is 5.88 Å². The van der Waals surface area contributed by atoms with E-state index in [-0.39, 0.29) is 30.4 Å². The molecule has 8 nitrogen and oxygen atoms in total. The monoisotopic (exact) mass is 478 g/mol. The molecule has 11 heteroatoms. The van der Waals surface area contributed by atoms with Crippen LogP contribution in [0.1, 0.15) is 35.5 Å². The van der Waals surface area contributed by atoms with Crippen LogP contribution in [0.3, 0.4) is 0 Å². The molecule has 0 aliphatic carbocycles. The third-order valence-electron chi connectivity index (χ3n) is 4.17. The Morgan fingerprint density at radius 2 is 1.76 bits per heavy atom. The number of hydrogen-bond donors (Lipinski definition) is 3. The summed E-state index contributed by atoms with van der Waals surface area (Å²) >= 11 is 0. The van der Waals surface area contributed by atoms with Crippen LogP contribution >= 0.6 is 0 Å². The van der Waals surface area contributed by atoms with Gasteiger partial charge in [0.05, 0.1) is 12.1 Å². The Morgan fingerprint density at radius 1 is 1.09 bits per heavy atom. The van der Waals surface area contributed by atoms with Crippen LogP contribution in [0.2, 0.25) is 0 Å². The first-order valence-corrected chi connectivity index (χ1v) is 10.2. The van der Waals surface area contributed by atoms with Crippen molar-refractivity contribution < 1.29 is 32.6 Å². The number of alkyl halides is 3. The zero-order chi connectivity index (χ0) is 25.4. The topological polar surface area (TPSA) is 113 Å². The van der Waals surface area contributed by atoms with Gasteiger partial charge >= 0.3 is 6.18 Å². The Labute approximate surface area is 194 Å². The number of aromatic nitrogens is 2. The van der Waals surface area contributed by atoms with Gasteiger partial charge in [-0.1, -0.05) is 18.2 Å². The fraction of sp³-hybridized carbons (Fsp3) is 0.304. The van der Waals surface area contributed by atoms with Gasteiger partial charge in [-0.15, -0.1) is 0 Å². The largest absolute Gasteiger partial charge is 0.476 e. The number of nitrogens with zero attached hydrogens (tertiary/aromatic N) is 2. The van der Waals surface area contributed by atoms with Crippen molar-refractivity contribution in [3.63, 3.8) is 0 Å². The Hall–Kier alpha value is -3.73. The molecule has 2 rings (SSSR count). The van der Waals surface area contributed by atoms with Gasteiger partial charge in [0.15, 0.2) is 0 Å². The van der Waals surface area contributed by atoms with Crippen molar-refractivity contribution in [1.82, 2.24) is 15.3 Å². The molecule has 0 bridgehead atoms. The summed E-state index contributed by atoms with van der Waals surface area (Å²) in [6.45, 7) is 4.46. The molecule has 0 atom stereocenters. The maximum Gasteiger partial charge on any atom is 0.416 e. The lowest BCUT2D eigenvalue weighted by atomic mass is 10.1. The number of hydrogen-bond acceptors (Lipinski definition) is 6. The quantitative estimate of drug-likeness (QED) is 0.526. The van der Waals surface area contributed by atoms with E-state index in [1.165, 1.54) is 50.4 Å². The van der Waals surface area contributed by atoms with Crippen LogP contribution in [0, 0.1) is 6.92 Å². The van der Waals surface area contributed by atoms with Gasteiger partial charge in [-0.05, 0) is 45.0 Å². The third kappa shape index (κ3) is 8.66. The van der Waals surface area contributed by atoms with Crippen LogP contribution in [-0.4, -0.2) is 45.6 Å². The summed E-state index contributed by atoms with van der Waals surface area (Å²) < 4.78 is 43.9. The summed E-state index contributed by atoms with van der Waals surface area (Å²) in [5.74, 6) is -0.838. The summed E-state index contributed by atoms with van der Waals surface area (Å²) in [5.41, 5.74) is -1.70. The zero-order valence-electron chi connectivity index (χ0n) is 18.8. The van der Waals surface area contributed by atoms with E-state index < -0.39 is 29.2 Å².